The van der Waals surface area contributed by atoms with E-state index in [9.17, 15) is 22.9 Å². The number of carbonyl (C=O) groups excluding carboxylic acids is 1. The van der Waals surface area contributed by atoms with Crippen molar-refractivity contribution >= 4 is 57.7 Å². The number of nitrogen functional groups attached to an aromatic ring is 1. The van der Waals surface area contributed by atoms with Crippen LogP contribution in [0, 0.1) is 5.41 Å². The molecule has 0 spiro atoms. The fourth-order valence-electron chi connectivity index (χ4n) is 4.42. The average molecular weight is 653 g/mol. The Balaban J connectivity index is 1.44. The molecule has 2 aliphatic rings. The minimum Gasteiger partial charge on any atom is -0.383 e. The van der Waals surface area contributed by atoms with Crippen LogP contribution in [0.2, 0.25) is 0 Å². The smallest absolute Gasteiger partial charge is 0.383 e. The van der Waals surface area contributed by atoms with E-state index in [0.717, 1.165) is 28.7 Å². The van der Waals surface area contributed by atoms with Crippen LogP contribution in [0.5, 0.6) is 0 Å². The maximum Gasteiger partial charge on any atom is 0.475 e. The van der Waals surface area contributed by atoms with Crippen molar-refractivity contribution < 1.29 is 45.9 Å². The molecule has 236 valence electrons. The lowest BCUT2D eigenvalue weighted by Gasteiger charge is -2.35. The van der Waals surface area contributed by atoms with E-state index < -0.39 is 47.3 Å². The fourth-order valence-corrected chi connectivity index (χ4v) is 7.25. The Kier molecular flexibility index (Phi) is 9.62. The molecule has 0 radical (unpaired) electrons. The van der Waals surface area contributed by atoms with E-state index in [4.69, 9.17) is 28.8 Å². The molecule has 0 aliphatic carbocycles. The Bertz CT molecular complexity index is 1470. The van der Waals surface area contributed by atoms with Crippen LogP contribution in [-0.4, -0.2) is 101 Å². The van der Waals surface area contributed by atoms with Crippen LogP contribution >= 0.6 is 19.6 Å². The first-order valence-corrected chi connectivity index (χ1v) is 17.4. The molecule has 0 amide bonds. The lowest BCUT2D eigenvalue weighted by Crippen LogP contribution is -2.47. The number of fused-ring (bicyclic) bond motifs is 2. The second-order valence-corrected chi connectivity index (χ2v) is 15.6. The van der Waals surface area contributed by atoms with Gasteiger partial charge in [0.15, 0.2) is 28.3 Å². The highest BCUT2D eigenvalue weighted by atomic mass is 32.2. The number of hydrogen-bond acceptors (Lipinski definition) is 15. The zero-order chi connectivity index (χ0) is 31.1. The van der Waals surface area contributed by atoms with E-state index in [1.807, 2.05) is 6.92 Å². The molecular formula is C23H37N6O10PS2. The minimum atomic E-state index is -4.12. The van der Waals surface area contributed by atoms with E-state index in [2.05, 4.69) is 15.0 Å². The van der Waals surface area contributed by atoms with Gasteiger partial charge in [-0.15, -0.1) is 0 Å². The molecule has 0 aromatic carbocycles. The monoisotopic (exact) mass is 652 g/mol. The number of aliphatic hydroxyl groups is 1. The highest BCUT2D eigenvalue weighted by Crippen LogP contribution is 2.59. The van der Waals surface area contributed by atoms with Crippen LogP contribution in [0.3, 0.4) is 0 Å². The van der Waals surface area contributed by atoms with Gasteiger partial charge in [0.2, 0.25) is 16.0 Å². The van der Waals surface area contributed by atoms with Gasteiger partial charge in [-0.2, -0.15) is 9.97 Å². The van der Waals surface area contributed by atoms with Crippen molar-refractivity contribution in [1.82, 2.24) is 19.5 Å². The van der Waals surface area contributed by atoms with Gasteiger partial charge >= 0.3 is 7.82 Å². The second kappa shape index (κ2) is 12.2. The largest absolute Gasteiger partial charge is 0.475 e. The molecule has 2 fully saturated rings. The van der Waals surface area contributed by atoms with Crippen molar-refractivity contribution in [3.8, 4) is 0 Å². The van der Waals surface area contributed by atoms with Gasteiger partial charge in [-0.05, 0) is 27.2 Å². The molecule has 0 saturated carbocycles. The predicted octanol–water partition coefficient (Wildman–Crippen LogP) is 1.71. The summed E-state index contributed by atoms with van der Waals surface area (Å²) in [5.74, 6) is -0.0852. The molecule has 42 heavy (non-hydrogen) atoms. The van der Waals surface area contributed by atoms with Gasteiger partial charge in [0.1, 0.15) is 17.8 Å². The summed E-state index contributed by atoms with van der Waals surface area (Å²) in [5, 5.41) is 11.4. The Morgan fingerprint density at radius 2 is 2.10 bits per heavy atom. The molecule has 16 nitrogen and oxygen atoms in total. The van der Waals surface area contributed by atoms with Crippen LogP contribution in [0.15, 0.2) is 6.33 Å². The highest BCUT2D eigenvalue weighted by molar-refractivity contribution is 8.13. The van der Waals surface area contributed by atoms with Gasteiger partial charge < -0.3 is 20.3 Å². The molecule has 2 aromatic rings. The number of rotatable bonds is 12. The number of sulfonamides is 1. The first-order valence-electron chi connectivity index (χ1n) is 13.1. The van der Waals surface area contributed by atoms with Crippen molar-refractivity contribution in [3.05, 3.63) is 6.33 Å². The fraction of sp³-hybridized carbons (Fsp3) is 0.739. The third-order valence-corrected chi connectivity index (χ3v) is 10.6. The predicted molar refractivity (Wildman–Crippen MR) is 154 cm³/mol. The standard InChI is InChI=1S/C23H37N6O10PS2/c1-7-8-35-12-22(2,3)20(30)41-10-9-36-40(32)37-11-14-16(39-40)23(4,31)19(38-14)29-13-25-15-17(28(5)42(6,33)34)26-21(24)27-18(15)29/h13-14,16,19,31H,7-12H2,1-6H3,(H2,24,26,27)/t14-,16?,19-,23+,40?/m1/s1. The van der Waals surface area contributed by atoms with Crippen LogP contribution in [0.4, 0.5) is 11.8 Å². The number of phosphoric acid groups is 1. The van der Waals surface area contributed by atoms with Crippen molar-refractivity contribution in [3.63, 3.8) is 0 Å². The van der Waals surface area contributed by atoms with Crippen molar-refractivity contribution in [2.45, 2.75) is 58.2 Å². The quantitative estimate of drug-likeness (QED) is 0.247. The third-order valence-electron chi connectivity index (χ3n) is 6.76. The van der Waals surface area contributed by atoms with E-state index in [1.54, 1.807) is 13.8 Å². The lowest BCUT2D eigenvalue weighted by molar-refractivity contribution is -0.121. The molecule has 2 unspecified atom stereocenters. The van der Waals surface area contributed by atoms with E-state index in [-0.39, 0.29) is 53.6 Å². The maximum absolute atomic E-state index is 13.3. The number of anilines is 2. The summed E-state index contributed by atoms with van der Waals surface area (Å²) in [5.41, 5.74) is 3.57. The first kappa shape index (κ1) is 33.0. The Labute approximate surface area is 248 Å². The topological polar surface area (TPSA) is 208 Å². The van der Waals surface area contributed by atoms with Gasteiger partial charge in [-0.25, -0.2) is 18.0 Å². The molecule has 2 saturated heterocycles. The summed E-state index contributed by atoms with van der Waals surface area (Å²) in [6.07, 6.45) is 0.0131. The number of nitrogens with zero attached hydrogens (tertiary/aromatic N) is 5. The summed E-state index contributed by atoms with van der Waals surface area (Å²) >= 11 is 1.03. The Morgan fingerprint density at radius 3 is 2.76 bits per heavy atom. The molecule has 2 aliphatic heterocycles. The zero-order valence-electron chi connectivity index (χ0n) is 24.3. The average Bonchev–Trinajstić information content (AvgIpc) is 3.42. The molecule has 19 heteroatoms. The summed E-state index contributed by atoms with van der Waals surface area (Å²) in [6, 6.07) is 0. The van der Waals surface area contributed by atoms with Gasteiger partial charge in [-0.1, -0.05) is 18.7 Å². The molecular weight excluding hydrogens is 615 g/mol. The SMILES string of the molecule is CCCOCC(C)(C)C(=O)SCCOP1(=O)OC[C@H]2O[C@@H](n3cnc4c(N(C)S(C)(=O)=O)nc(N)nc43)[C@@](C)(O)C2O1. The molecule has 4 heterocycles. The number of phosphoric ester groups is 1. The first-order chi connectivity index (χ1) is 19.5. The Hall–Kier alpha value is -1.89. The van der Waals surface area contributed by atoms with Gasteiger partial charge in [-0.3, -0.25) is 27.2 Å². The van der Waals surface area contributed by atoms with Crippen LogP contribution in [0.25, 0.3) is 11.2 Å². The number of carbonyl (C=O) groups is 1. The van der Waals surface area contributed by atoms with Gasteiger partial charge in [0.25, 0.3) is 0 Å². The normalized spacial score (nSPS) is 28.2. The molecule has 5 atom stereocenters. The number of ether oxygens (including phenoxy) is 2. The molecule has 2 aromatic heterocycles. The van der Waals surface area contributed by atoms with E-state index >= 15 is 0 Å². The summed E-state index contributed by atoms with van der Waals surface area (Å²) in [6.45, 7) is 7.53. The number of hydrogen-bond donors (Lipinski definition) is 2. The molecule has 3 N–H and O–H groups in total. The van der Waals surface area contributed by atoms with Crippen LogP contribution in [-0.2, 0) is 42.4 Å². The van der Waals surface area contributed by atoms with E-state index in [0.29, 0.717) is 6.61 Å². The van der Waals surface area contributed by atoms with Crippen molar-refractivity contribution in [2.75, 3.05) is 55.5 Å². The van der Waals surface area contributed by atoms with Crippen molar-refractivity contribution in [2.24, 2.45) is 5.41 Å². The highest BCUT2D eigenvalue weighted by Gasteiger charge is 2.60. The molecule has 4 rings (SSSR count). The number of aromatic nitrogens is 4. The molecule has 0 bridgehead atoms. The summed E-state index contributed by atoms with van der Waals surface area (Å²) in [4.78, 5) is 25.0. The van der Waals surface area contributed by atoms with Crippen LogP contribution < -0.4 is 10.0 Å². The lowest BCUT2D eigenvalue weighted by atomic mass is 9.96. The van der Waals surface area contributed by atoms with Crippen molar-refractivity contribution in [1.29, 1.82) is 0 Å². The van der Waals surface area contributed by atoms with Gasteiger partial charge in [0.05, 0.1) is 37.8 Å². The number of nitrogens with two attached hydrogens (primary N) is 1. The second-order valence-electron chi connectivity index (χ2n) is 10.9. The minimum absolute atomic E-state index is 0.0560. The summed E-state index contributed by atoms with van der Waals surface area (Å²) in [7, 11) is -6.52. The Morgan fingerprint density at radius 1 is 1.38 bits per heavy atom. The van der Waals surface area contributed by atoms with Crippen LogP contribution in [0.1, 0.15) is 40.3 Å². The number of thioether (sulfide) groups is 1. The third kappa shape index (κ3) is 6.76. The zero-order valence-corrected chi connectivity index (χ0v) is 26.8. The number of imidazole rings is 1. The maximum atomic E-state index is 13.3. The van der Waals surface area contributed by atoms with Gasteiger partial charge in [0, 0.05) is 19.4 Å². The van der Waals surface area contributed by atoms with E-state index in [1.165, 1.54) is 24.9 Å². The summed E-state index contributed by atoms with van der Waals surface area (Å²) < 4.78 is 67.9.